The number of ether oxygens (including phenoxy) is 9. The summed E-state index contributed by atoms with van der Waals surface area (Å²) in [6, 6.07) is 47.2. The summed E-state index contributed by atoms with van der Waals surface area (Å²) in [6.45, 7) is 14.4. The number of methoxy groups -OCH3 is 6. The van der Waals surface area contributed by atoms with Gasteiger partial charge in [-0.25, -0.2) is 19.9 Å². The van der Waals surface area contributed by atoms with Gasteiger partial charge in [-0.15, -0.1) is 0 Å². The molecule has 0 radical (unpaired) electrons. The number of benzene rings is 8. The van der Waals surface area contributed by atoms with E-state index in [4.69, 9.17) is 53.1 Å². The van der Waals surface area contributed by atoms with Crippen LogP contribution in [0.25, 0.3) is 89.2 Å². The zero-order chi connectivity index (χ0) is 99.1. The van der Waals surface area contributed by atoms with Gasteiger partial charge in [0.25, 0.3) is 0 Å². The second-order valence-corrected chi connectivity index (χ2v) is 34.1. The first kappa shape index (κ1) is 102. The van der Waals surface area contributed by atoms with E-state index in [0.29, 0.717) is 88.5 Å². The fourth-order valence-corrected chi connectivity index (χ4v) is 15.1. The van der Waals surface area contributed by atoms with E-state index >= 15 is 0 Å². The van der Waals surface area contributed by atoms with Gasteiger partial charge in [0.05, 0.1) is 178 Å². The van der Waals surface area contributed by atoms with Gasteiger partial charge in [-0.3, -0.25) is 34.0 Å². The third-order valence-electron chi connectivity index (χ3n) is 22.5. The minimum Gasteiger partial charge on any atom is -0.497 e. The topological polar surface area (TPSA) is 322 Å². The minimum absolute atomic E-state index is 0.0307. The maximum Gasteiger partial charge on any atom is 0.387 e. The molecule has 0 bridgehead atoms. The summed E-state index contributed by atoms with van der Waals surface area (Å²) in [4.78, 5) is 45.8. The molecule has 8 heterocycles. The molecule has 36 heteroatoms. The van der Waals surface area contributed by atoms with Crippen molar-refractivity contribution >= 4 is 89.6 Å². The van der Waals surface area contributed by atoms with Crippen molar-refractivity contribution in [1.82, 2.24) is 84.4 Å². The molecule has 2 atom stereocenters. The average Bonchev–Trinajstić information content (AvgIpc) is 1.80. The number of nitrogens with one attached hydrogen (secondary N) is 2. The Labute approximate surface area is 805 Å². The van der Waals surface area contributed by atoms with E-state index in [1.54, 1.807) is 109 Å². The average molecular weight is 1900 g/mol. The molecule has 0 aliphatic heterocycles. The number of anilines is 8. The van der Waals surface area contributed by atoms with Gasteiger partial charge < -0.3 is 87.6 Å². The Balaban J connectivity index is 0.000000157. The van der Waals surface area contributed by atoms with Crippen molar-refractivity contribution < 1.29 is 70.4 Å². The first-order valence-corrected chi connectivity index (χ1v) is 45.3. The fourth-order valence-electron chi connectivity index (χ4n) is 15.1. The van der Waals surface area contributed by atoms with Gasteiger partial charge >= 0.3 is 13.2 Å². The lowest BCUT2D eigenvalue weighted by Gasteiger charge is -2.32. The van der Waals surface area contributed by atoms with Crippen molar-refractivity contribution in [3.8, 4) is 91.0 Å². The second-order valence-electron chi connectivity index (χ2n) is 34.1. The predicted molar refractivity (Wildman–Crippen MR) is 534 cm³/mol. The van der Waals surface area contributed by atoms with Crippen molar-refractivity contribution in [2.45, 2.75) is 92.9 Å². The Morgan fingerprint density at radius 2 is 0.655 bits per heavy atom. The summed E-state index contributed by atoms with van der Waals surface area (Å²) >= 11 is 0. The normalized spacial score (nSPS) is 11.8. The SMILES string of the molecule is COc1cc(OC(F)F)cc(N(CCNC(C)C)c2ccc3ncc(-c4ccn(C)c4)nc3c2)c1.COc1cc(OC(F)F)cc(N(CCO)c2ccc3ncc(-c4cnn(C)c4)nc3c2)c1.COc1cc(OC)cc(N(CC(OCC(O)C(C)C)C(C)C)c2ccc3ncc(-c4cnn(C)c4)nc3c2)c1.COc1cc(OC)cc(N(CCNC(C)C)c2ccc3ncc(-c4cnn(C)c4)nc3c2)c1. The lowest BCUT2D eigenvalue weighted by atomic mass is 10.0. The number of halogens is 4. The summed E-state index contributed by atoms with van der Waals surface area (Å²) in [5, 5.41) is 39.6. The Bertz CT molecular complexity index is 6690. The maximum atomic E-state index is 13.0. The quantitative estimate of drug-likeness (QED) is 0.0260. The molecule has 0 aliphatic carbocycles. The molecule has 139 heavy (non-hydrogen) atoms. The van der Waals surface area contributed by atoms with E-state index in [1.807, 2.05) is 186 Å². The van der Waals surface area contributed by atoms with Crippen molar-refractivity contribution in [2.24, 2.45) is 40.0 Å². The van der Waals surface area contributed by atoms with E-state index in [-0.39, 0.29) is 49.2 Å². The molecule has 0 fully saturated rings. The van der Waals surface area contributed by atoms with Gasteiger partial charge in [0.15, 0.2) is 0 Å². The highest BCUT2D eigenvalue weighted by Gasteiger charge is 2.27. The molecule has 8 aromatic carbocycles. The van der Waals surface area contributed by atoms with E-state index in [9.17, 15) is 27.8 Å². The number of hydrogen-bond acceptors (Lipinski definition) is 28. The summed E-state index contributed by atoms with van der Waals surface area (Å²) in [5.41, 5.74) is 19.3. The molecule has 730 valence electrons. The zero-order valence-electron chi connectivity index (χ0n) is 81.2. The molecule has 16 rings (SSSR count). The molecule has 32 nitrogen and oxygen atoms in total. The number of alkyl halides is 4. The summed E-state index contributed by atoms with van der Waals surface area (Å²) in [7, 11) is 17.1. The number of nitrogens with zero attached hydrogens (tertiary/aromatic N) is 19. The van der Waals surface area contributed by atoms with Crippen molar-refractivity contribution in [1.29, 1.82) is 0 Å². The van der Waals surface area contributed by atoms with Crippen LogP contribution in [0.15, 0.2) is 226 Å². The van der Waals surface area contributed by atoms with Crippen LogP contribution in [0.2, 0.25) is 0 Å². The predicted octanol–water partition coefficient (Wildman–Crippen LogP) is 18.6. The van der Waals surface area contributed by atoms with E-state index in [0.717, 1.165) is 125 Å². The first-order chi connectivity index (χ1) is 66.9. The number of fused-ring (bicyclic) bond motifs is 4. The Morgan fingerprint density at radius 3 is 0.935 bits per heavy atom. The van der Waals surface area contributed by atoms with Crippen LogP contribution >= 0.6 is 0 Å². The van der Waals surface area contributed by atoms with Crippen molar-refractivity contribution in [3.63, 3.8) is 0 Å². The van der Waals surface area contributed by atoms with Gasteiger partial charge in [-0.05, 0) is 90.7 Å². The molecule has 0 spiro atoms. The van der Waals surface area contributed by atoms with Crippen LogP contribution in [0.1, 0.15) is 55.4 Å². The van der Waals surface area contributed by atoms with Crippen LogP contribution in [-0.2, 0) is 32.9 Å². The Hall–Kier alpha value is -14.9. The molecular formula is C103H119F4N21O11. The lowest BCUT2D eigenvalue weighted by Crippen LogP contribution is -2.37. The van der Waals surface area contributed by atoms with Gasteiger partial charge in [0.1, 0.15) is 46.0 Å². The largest absolute Gasteiger partial charge is 0.497 e. The number of aromatic nitrogens is 15. The molecule has 16 aromatic rings. The lowest BCUT2D eigenvalue weighted by molar-refractivity contribution is -0.0506. The third kappa shape index (κ3) is 27.3. The van der Waals surface area contributed by atoms with Crippen LogP contribution in [0.5, 0.6) is 46.0 Å². The number of aliphatic hydroxyl groups is 2. The minimum atomic E-state index is -2.97. The Morgan fingerprint density at radius 1 is 0.345 bits per heavy atom. The molecule has 4 N–H and O–H groups in total. The summed E-state index contributed by atoms with van der Waals surface area (Å²) in [6.07, 6.45) is 21.3. The van der Waals surface area contributed by atoms with E-state index in [1.165, 1.54) is 32.4 Å². The van der Waals surface area contributed by atoms with E-state index < -0.39 is 19.3 Å². The molecule has 0 amide bonds. The third-order valence-corrected chi connectivity index (χ3v) is 22.5. The zero-order valence-corrected chi connectivity index (χ0v) is 81.2. The van der Waals surface area contributed by atoms with Gasteiger partial charge in [-0.2, -0.15) is 32.9 Å². The smallest absolute Gasteiger partial charge is 0.387 e. The highest BCUT2D eigenvalue weighted by molar-refractivity contribution is 5.87. The fraction of sp³-hybridized carbons (Fsp3) is 0.330. The van der Waals surface area contributed by atoms with Crippen LogP contribution in [-0.4, -0.2) is 217 Å². The number of aliphatic hydroxyl groups excluding tert-OH is 2. The van der Waals surface area contributed by atoms with E-state index in [2.05, 4.69) is 119 Å². The number of aryl methyl sites for hydroxylation is 4. The standard InChI is InChI=1S/C30H39N5O4.C26H29F2N5O2.C25H30N6O2.C22H21F2N5O3/c1-19(2)29(36)18-39-30(20(3)4)17-35(23-10-24(37-6)13-25(11-23)38-7)22-8-9-26-27(12-22)33-28(15-31-26)21-14-32-34(5)16-21;1-17(2)29-8-10-33(20-11-21(34-4)14-22(12-20)35-26(27)28)19-5-6-23-24(13-19)31-25(15-30-23)18-7-9-32(3)16-18;1-17(2)26-8-9-31(20-10-21(32-4)13-22(11-20)33-5)19-6-7-23-24(12-19)29-25(15-27-23)18-14-28-30(3)16-18;1-28-13-14(11-26-28)21-12-25-19-4-3-15(9-20(19)27-21)29(5-6-30)16-7-17(31-2)10-18(8-16)32-22(23)24/h8-16,19-20,29-30,36H,17-18H2,1-7H3;5-7,9,11-17,26,29H,8,10H2,1-4H3;6-7,10-17,26H,8-9H2,1-5H3;3-4,7-13,22,30H,5-6H2,1-2H3. The van der Waals surface area contributed by atoms with Gasteiger partial charge in [-0.1, -0.05) is 55.4 Å². The van der Waals surface area contributed by atoms with Crippen molar-refractivity contribution in [3.05, 3.63) is 226 Å². The molecule has 0 aliphatic rings. The molecule has 0 saturated carbocycles. The second kappa shape index (κ2) is 47.8. The molecule has 8 aromatic heterocycles. The highest BCUT2D eigenvalue weighted by Crippen LogP contribution is 2.41. The van der Waals surface area contributed by atoms with Crippen LogP contribution < -0.4 is 68.1 Å². The summed E-state index contributed by atoms with van der Waals surface area (Å²) < 4.78 is 107. The highest BCUT2D eigenvalue weighted by atomic mass is 19.3. The van der Waals surface area contributed by atoms with Crippen LogP contribution in [0.3, 0.4) is 0 Å². The molecule has 0 saturated heterocycles. The number of rotatable bonds is 39. The first-order valence-electron chi connectivity index (χ1n) is 45.3. The summed E-state index contributed by atoms with van der Waals surface area (Å²) in [5.74, 6) is 3.93. The number of hydrogen-bond donors (Lipinski definition) is 4. The Kier molecular flexibility index (Phi) is 34.9. The van der Waals surface area contributed by atoms with Crippen molar-refractivity contribution in [2.75, 3.05) is 115 Å². The monoisotopic (exact) mass is 1900 g/mol. The molecular weight excluding hydrogens is 1780 g/mol. The van der Waals surface area contributed by atoms with Gasteiger partial charge in [0.2, 0.25) is 0 Å². The van der Waals surface area contributed by atoms with Crippen LogP contribution in [0, 0.1) is 11.8 Å². The molecule has 2 unspecified atom stereocenters. The van der Waals surface area contributed by atoms with Crippen LogP contribution in [0.4, 0.5) is 63.1 Å². The maximum absolute atomic E-state index is 13.0. The van der Waals surface area contributed by atoms with Gasteiger partial charge in [0, 0.05) is 251 Å².